The normalized spacial score (nSPS) is 10.8. The van der Waals surface area contributed by atoms with Crippen LogP contribution in [-0.2, 0) is 22.7 Å². The topological polar surface area (TPSA) is 97.5 Å². The number of methoxy groups -OCH3 is 1. The molecule has 0 saturated carbocycles. The van der Waals surface area contributed by atoms with Crippen LogP contribution in [0.2, 0.25) is 0 Å². The van der Waals surface area contributed by atoms with Crippen LogP contribution in [0.15, 0.2) is 29.4 Å². The molecule has 1 aromatic carbocycles. The Kier molecular flexibility index (Phi) is 5.32. The molecular formula is C13H15N3O4S. The largest absolute Gasteiger partial charge is 0.481 e. The van der Waals surface area contributed by atoms with Gasteiger partial charge in [-0.1, -0.05) is 23.9 Å². The van der Waals surface area contributed by atoms with Crippen molar-refractivity contribution in [2.45, 2.75) is 18.4 Å². The molecule has 7 nitrogen and oxygen atoms in total. The van der Waals surface area contributed by atoms with E-state index in [1.807, 2.05) is 24.3 Å². The van der Waals surface area contributed by atoms with Crippen LogP contribution in [0.4, 0.5) is 0 Å². The second-order valence-corrected chi connectivity index (χ2v) is 5.12. The first kappa shape index (κ1) is 15.5. The molecule has 0 atom stereocenters. The number of rotatable bonds is 7. The van der Waals surface area contributed by atoms with E-state index in [9.17, 15) is 9.90 Å². The summed E-state index contributed by atoms with van der Waals surface area (Å²) in [6.07, 6.45) is 0. The van der Waals surface area contributed by atoms with Gasteiger partial charge in [0, 0.05) is 12.8 Å². The van der Waals surface area contributed by atoms with E-state index in [4.69, 9.17) is 9.84 Å². The average molecular weight is 309 g/mol. The fourth-order valence-corrected chi connectivity index (χ4v) is 2.52. The van der Waals surface area contributed by atoms with Crippen molar-refractivity contribution < 1.29 is 19.7 Å². The highest BCUT2D eigenvalue weighted by molar-refractivity contribution is 7.99. The Labute approximate surface area is 125 Å². The van der Waals surface area contributed by atoms with E-state index in [2.05, 4.69) is 10.2 Å². The first-order chi connectivity index (χ1) is 10.2. The molecule has 0 aliphatic carbocycles. The minimum absolute atomic E-state index is 0.124. The number of carboxylic acids is 1. The van der Waals surface area contributed by atoms with Crippen LogP contribution in [0.5, 0.6) is 0 Å². The Balaban J connectivity index is 2.38. The van der Waals surface area contributed by atoms with Crippen molar-refractivity contribution in [3.8, 4) is 5.69 Å². The van der Waals surface area contributed by atoms with Gasteiger partial charge in [-0.15, -0.1) is 10.2 Å². The Hall–Kier alpha value is -1.90. The number of thioether (sulfide) groups is 1. The van der Waals surface area contributed by atoms with Gasteiger partial charge in [0.2, 0.25) is 0 Å². The minimum atomic E-state index is -0.937. The van der Waals surface area contributed by atoms with Crippen molar-refractivity contribution in [3.63, 3.8) is 0 Å². The first-order valence-electron chi connectivity index (χ1n) is 6.13. The summed E-state index contributed by atoms with van der Waals surface area (Å²) in [4.78, 5) is 10.7. The summed E-state index contributed by atoms with van der Waals surface area (Å²) in [7, 11) is 1.61. The van der Waals surface area contributed by atoms with E-state index in [1.54, 1.807) is 11.7 Å². The maximum atomic E-state index is 10.7. The van der Waals surface area contributed by atoms with Crippen LogP contribution in [0.25, 0.3) is 5.69 Å². The number of nitrogens with zero attached hydrogens (tertiary/aromatic N) is 3. The number of carboxylic acid groups (broad SMARTS) is 1. The zero-order chi connectivity index (χ0) is 15.2. The Morgan fingerprint density at radius 3 is 2.90 bits per heavy atom. The highest BCUT2D eigenvalue weighted by Gasteiger charge is 2.15. The van der Waals surface area contributed by atoms with E-state index >= 15 is 0 Å². The van der Waals surface area contributed by atoms with E-state index in [1.165, 1.54) is 0 Å². The lowest BCUT2D eigenvalue weighted by atomic mass is 10.2. The van der Waals surface area contributed by atoms with Gasteiger partial charge in [-0.3, -0.25) is 9.36 Å². The smallest absolute Gasteiger partial charge is 0.313 e. The minimum Gasteiger partial charge on any atom is -0.481 e. The number of carbonyl (C=O) groups is 1. The second kappa shape index (κ2) is 7.21. The lowest BCUT2D eigenvalue weighted by Crippen LogP contribution is -2.05. The lowest BCUT2D eigenvalue weighted by Gasteiger charge is -2.10. The predicted molar refractivity (Wildman–Crippen MR) is 76.4 cm³/mol. The van der Waals surface area contributed by atoms with Crippen molar-refractivity contribution in [2.24, 2.45) is 0 Å². The number of aromatic nitrogens is 3. The van der Waals surface area contributed by atoms with Gasteiger partial charge in [-0.25, -0.2) is 0 Å². The number of hydrogen-bond donors (Lipinski definition) is 2. The highest BCUT2D eigenvalue weighted by atomic mass is 32.2. The van der Waals surface area contributed by atoms with Crippen molar-refractivity contribution in [1.82, 2.24) is 14.8 Å². The molecule has 2 rings (SSSR count). The summed E-state index contributed by atoms with van der Waals surface area (Å²) in [5.74, 6) is -0.702. The maximum Gasteiger partial charge on any atom is 0.313 e. The van der Waals surface area contributed by atoms with Crippen LogP contribution < -0.4 is 0 Å². The monoisotopic (exact) mass is 309 g/mol. The van der Waals surface area contributed by atoms with Crippen LogP contribution in [0.3, 0.4) is 0 Å². The fraction of sp³-hybridized carbons (Fsp3) is 0.308. The van der Waals surface area contributed by atoms with Crippen molar-refractivity contribution in [1.29, 1.82) is 0 Å². The number of aliphatic hydroxyl groups excluding tert-OH is 1. The standard InChI is InChI=1S/C13H15N3O4S/c1-20-7-9-3-2-4-10(5-9)16-11(6-17)14-15-13(16)21-8-12(18)19/h2-5,17H,6-8H2,1H3,(H,18,19). The molecule has 2 aromatic rings. The summed E-state index contributed by atoms with van der Waals surface area (Å²) in [6.45, 7) is 0.178. The molecule has 1 aromatic heterocycles. The molecular weight excluding hydrogens is 294 g/mol. The Morgan fingerprint density at radius 2 is 2.24 bits per heavy atom. The van der Waals surface area contributed by atoms with Crippen molar-refractivity contribution in [3.05, 3.63) is 35.7 Å². The van der Waals surface area contributed by atoms with Gasteiger partial charge in [-0.2, -0.15) is 0 Å². The lowest BCUT2D eigenvalue weighted by molar-refractivity contribution is -0.133. The van der Waals surface area contributed by atoms with E-state index in [0.29, 0.717) is 17.6 Å². The van der Waals surface area contributed by atoms with Gasteiger partial charge in [0.05, 0.1) is 12.4 Å². The summed E-state index contributed by atoms with van der Waals surface area (Å²) < 4.78 is 6.74. The molecule has 0 aliphatic heterocycles. The molecule has 0 radical (unpaired) electrons. The predicted octanol–water partition coefficient (Wildman–Crippen LogP) is 1.08. The van der Waals surface area contributed by atoms with Crippen molar-refractivity contribution >= 4 is 17.7 Å². The molecule has 8 heteroatoms. The van der Waals surface area contributed by atoms with Crippen molar-refractivity contribution in [2.75, 3.05) is 12.9 Å². The molecule has 1 heterocycles. The molecule has 0 unspecified atom stereocenters. The van der Waals surface area contributed by atoms with Gasteiger partial charge >= 0.3 is 5.97 Å². The Bertz CT molecular complexity index is 630. The first-order valence-corrected chi connectivity index (χ1v) is 7.12. The summed E-state index contributed by atoms with van der Waals surface area (Å²) >= 11 is 1.05. The number of aliphatic carboxylic acids is 1. The number of hydrogen-bond acceptors (Lipinski definition) is 6. The zero-order valence-electron chi connectivity index (χ0n) is 11.4. The maximum absolute atomic E-state index is 10.7. The number of ether oxygens (including phenoxy) is 1. The van der Waals surface area contributed by atoms with Crippen LogP contribution >= 0.6 is 11.8 Å². The van der Waals surface area contributed by atoms with Gasteiger partial charge in [0.25, 0.3) is 0 Å². The van der Waals surface area contributed by atoms with Gasteiger partial charge in [0.15, 0.2) is 11.0 Å². The summed E-state index contributed by atoms with van der Waals surface area (Å²) in [5, 5.41) is 26.4. The summed E-state index contributed by atoms with van der Waals surface area (Å²) in [6, 6.07) is 7.50. The van der Waals surface area contributed by atoms with Gasteiger partial charge in [0.1, 0.15) is 6.61 Å². The quantitative estimate of drug-likeness (QED) is 0.739. The fourth-order valence-electron chi connectivity index (χ4n) is 1.83. The molecule has 21 heavy (non-hydrogen) atoms. The van der Waals surface area contributed by atoms with Crippen LogP contribution in [0, 0.1) is 0 Å². The Morgan fingerprint density at radius 1 is 1.43 bits per heavy atom. The zero-order valence-corrected chi connectivity index (χ0v) is 12.2. The third-order valence-electron chi connectivity index (χ3n) is 2.65. The van der Waals surface area contributed by atoms with E-state index in [-0.39, 0.29) is 12.4 Å². The van der Waals surface area contributed by atoms with Crippen LogP contribution in [0.1, 0.15) is 11.4 Å². The molecule has 0 bridgehead atoms. The number of benzene rings is 1. The molecule has 112 valence electrons. The summed E-state index contributed by atoms with van der Waals surface area (Å²) in [5.41, 5.74) is 1.72. The van der Waals surface area contributed by atoms with E-state index < -0.39 is 5.97 Å². The SMILES string of the molecule is COCc1cccc(-n2c(CO)nnc2SCC(=O)O)c1. The molecule has 0 aliphatic rings. The second-order valence-electron chi connectivity index (χ2n) is 4.18. The molecule has 0 fully saturated rings. The molecule has 0 amide bonds. The number of aliphatic hydroxyl groups is 1. The average Bonchev–Trinajstić information content (AvgIpc) is 2.88. The molecule has 2 N–H and O–H groups in total. The van der Waals surface area contributed by atoms with E-state index in [0.717, 1.165) is 23.0 Å². The van der Waals surface area contributed by atoms with Crippen LogP contribution in [-0.4, -0.2) is 43.8 Å². The third kappa shape index (κ3) is 3.81. The van der Waals surface area contributed by atoms with Gasteiger partial charge < -0.3 is 14.9 Å². The molecule has 0 spiro atoms. The highest BCUT2D eigenvalue weighted by Crippen LogP contribution is 2.23. The van der Waals surface area contributed by atoms with Gasteiger partial charge in [-0.05, 0) is 17.7 Å². The third-order valence-corrected chi connectivity index (χ3v) is 3.56. The molecule has 0 saturated heterocycles.